The van der Waals surface area contributed by atoms with Gasteiger partial charge in [-0.3, -0.25) is 0 Å². The van der Waals surface area contributed by atoms with E-state index < -0.39 is 10.1 Å². The Bertz CT molecular complexity index is 775. The molecule has 0 heterocycles. The number of ether oxygens (including phenoxy) is 1. The van der Waals surface area contributed by atoms with E-state index in [1.165, 1.54) is 19.2 Å². The summed E-state index contributed by atoms with van der Waals surface area (Å²) < 4.78 is 34.7. The standard InChI is InChI=1S/C13H9Cl3O4S/c1-19-11-4-2-3-5-12(11)20-21(17,18)13-7-9(15)8(14)6-10(13)16/h2-7H,1H3. The lowest BCUT2D eigenvalue weighted by molar-refractivity contribution is 0.390. The lowest BCUT2D eigenvalue weighted by Gasteiger charge is -2.11. The molecule has 0 radical (unpaired) electrons. The first-order chi connectivity index (χ1) is 9.85. The summed E-state index contributed by atoms with van der Waals surface area (Å²) in [6.07, 6.45) is 0. The molecule has 4 nitrogen and oxygen atoms in total. The van der Waals surface area contributed by atoms with Crippen LogP contribution in [0.3, 0.4) is 0 Å². The van der Waals surface area contributed by atoms with Crippen LogP contribution in [0, 0.1) is 0 Å². The van der Waals surface area contributed by atoms with Crippen molar-refractivity contribution in [3.05, 3.63) is 51.5 Å². The van der Waals surface area contributed by atoms with Crippen molar-refractivity contribution in [3.63, 3.8) is 0 Å². The number of halogens is 3. The highest BCUT2D eigenvalue weighted by Crippen LogP contribution is 2.34. The van der Waals surface area contributed by atoms with Crippen LogP contribution in [0.15, 0.2) is 41.3 Å². The van der Waals surface area contributed by atoms with Gasteiger partial charge in [0, 0.05) is 0 Å². The predicted molar refractivity (Wildman–Crippen MR) is 82.3 cm³/mol. The van der Waals surface area contributed by atoms with Crippen molar-refractivity contribution in [2.24, 2.45) is 0 Å². The summed E-state index contributed by atoms with van der Waals surface area (Å²) in [5.41, 5.74) is 0. The number of hydrogen-bond acceptors (Lipinski definition) is 4. The van der Waals surface area contributed by atoms with E-state index in [1.807, 2.05) is 0 Å². The van der Waals surface area contributed by atoms with Gasteiger partial charge in [-0.05, 0) is 24.3 Å². The van der Waals surface area contributed by atoms with E-state index in [0.717, 1.165) is 6.07 Å². The summed E-state index contributed by atoms with van der Waals surface area (Å²) in [5.74, 6) is 0.319. The molecule has 2 rings (SSSR count). The molecule has 8 heteroatoms. The second-order valence-electron chi connectivity index (χ2n) is 3.89. The monoisotopic (exact) mass is 366 g/mol. The molecular weight excluding hydrogens is 359 g/mol. The van der Waals surface area contributed by atoms with Crippen molar-refractivity contribution in [2.45, 2.75) is 4.90 Å². The number of hydrogen-bond donors (Lipinski definition) is 0. The van der Waals surface area contributed by atoms with E-state index in [-0.39, 0.29) is 31.5 Å². The second-order valence-corrected chi connectivity index (χ2v) is 6.62. The van der Waals surface area contributed by atoms with Gasteiger partial charge in [0.1, 0.15) is 4.90 Å². The molecule has 0 spiro atoms. The molecule has 0 amide bonds. The van der Waals surface area contributed by atoms with Crippen molar-refractivity contribution in [3.8, 4) is 11.5 Å². The Balaban J connectivity index is 2.46. The van der Waals surface area contributed by atoms with Gasteiger partial charge in [-0.15, -0.1) is 0 Å². The number of rotatable bonds is 4. The molecule has 2 aromatic carbocycles. The minimum Gasteiger partial charge on any atom is -0.493 e. The van der Waals surface area contributed by atoms with Crippen LogP contribution >= 0.6 is 34.8 Å². The molecular formula is C13H9Cl3O4S. The van der Waals surface area contributed by atoms with Gasteiger partial charge in [0.15, 0.2) is 11.5 Å². The maximum Gasteiger partial charge on any atom is 0.340 e. The van der Waals surface area contributed by atoms with Gasteiger partial charge >= 0.3 is 10.1 Å². The first-order valence-electron chi connectivity index (χ1n) is 5.57. The van der Waals surface area contributed by atoms with Crippen molar-refractivity contribution >= 4 is 44.9 Å². The average Bonchev–Trinajstić information content (AvgIpc) is 2.43. The van der Waals surface area contributed by atoms with Crippen molar-refractivity contribution in [2.75, 3.05) is 7.11 Å². The average molecular weight is 368 g/mol. The summed E-state index contributed by atoms with van der Waals surface area (Å²) in [7, 11) is -2.77. The van der Waals surface area contributed by atoms with Crippen LogP contribution < -0.4 is 8.92 Å². The minimum absolute atomic E-state index is 0.0436. The van der Waals surface area contributed by atoms with Crippen molar-refractivity contribution in [1.82, 2.24) is 0 Å². The smallest absolute Gasteiger partial charge is 0.340 e. The zero-order valence-corrected chi connectivity index (χ0v) is 13.7. The van der Waals surface area contributed by atoms with Gasteiger partial charge < -0.3 is 8.92 Å². The van der Waals surface area contributed by atoms with Gasteiger partial charge in [0.2, 0.25) is 0 Å². The molecule has 0 unspecified atom stereocenters. The quantitative estimate of drug-likeness (QED) is 0.593. The molecule has 0 aliphatic rings. The van der Waals surface area contributed by atoms with E-state index in [0.29, 0.717) is 0 Å². The fourth-order valence-electron chi connectivity index (χ4n) is 1.55. The third kappa shape index (κ3) is 3.55. The predicted octanol–water partition coefficient (Wildman–Crippen LogP) is 4.42. The number of benzene rings is 2. The maximum absolute atomic E-state index is 12.3. The molecule has 0 aliphatic carbocycles. The highest BCUT2D eigenvalue weighted by atomic mass is 35.5. The van der Waals surface area contributed by atoms with E-state index in [2.05, 4.69) is 0 Å². The van der Waals surface area contributed by atoms with Crippen LogP contribution in [0.5, 0.6) is 11.5 Å². The summed E-state index contributed by atoms with van der Waals surface area (Å²) in [6, 6.07) is 8.71. The Hall–Kier alpha value is -1.14. The zero-order chi connectivity index (χ0) is 15.6. The highest BCUT2D eigenvalue weighted by Gasteiger charge is 2.23. The normalized spacial score (nSPS) is 11.2. The molecule has 0 bridgehead atoms. The summed E-state index contributed by atoms with van der Waals surface area (Å²) in [5, 5.41) is 0.125. The third-order valence-electron chi connectivity index (χ3n) is 2.51. The Morgan fingerprint density at radius 3 is 2.10 bits per heavy atom. The molecule has 0 N–H and O–H groups in total. The van der Waals surface area contributed by atoms with E-state index in [4.69, 9.17) is 43.7 Å². The molecule has 0 atom stereocenters. The molecule has 0 aliphatic heterocycles. The molecule has 21 heavy (non-hydrogen) atoms. The van der Waals surface area contributed by atoms with E-state index in [1.54, 1.807) is 18.2 Å². The maximum atomic E-state index is 12.3. The van der Waals surface area contributed by atoms with Crippen molar-refractivity contribution in [1.29, 1.82) is 0 Å². The lowest BCUT2D eigenvalue weighted by Crippen LogP contribution is -2.11. The van der Waals surface area contributed by atoms with E-state index in [9.17, 15) is 8.42 Å². The Morgan fingerprint density at radius 2 is 1.48 bits per heavy atom. The van der Waals surface area contributed by atoms with Crippen LogP contribution in [0.25, 0.3) is 0 Å². The van der Waals surface area contributed by atoms with Crippen LogP contribution in [0.2, 0.25) is 15.1 Å². The third-order valence-corrected chi connectivity index (χ3v) is 4.94. The number of methoxy groups -OCH3 is 1. The largest absolute Gasteiger partial charge is 0.493 e. The molecule has 0 saturated heterocycles. The van der Waals surface area contributed by atoms with Gasteiger partial charge in [-0.1, -0.05) is 46.9 Å². The summed E-state index contributed by atoms with van der Waals surface area (Å²) in [6.45, 7) is 0. The van der Waals surface area contributed by atoms with Crippen LogP contribution in [-0.2, 0) is 10.1 Å². The zero-order valence-electron chi connectivity index (χ0n) is 10.6. The van der Waals surface area contributed by atoms with Crippen molar-refractivity contribution < 1.29 is 17.3 Å². The first kappa shape index (κ1) is 16.2. The van der Waals surface area contributed by atoms with Gasteiger partial charge in [-0.2, -0.15) is 8.42 Å². The molecule has 0 aromatic heterocycles. The van der Waals surface area contributed by atoms with E-state index >= 15 is 0 Å². The highest BCUT2D eigenvalue weighted by molar-refractivity contribution is 7.87. The summed E-state index contributed by atoms with van der Waals surface area (Å²) in [4.78, 5) is -0.274. The first-order valence-corrected chi connectivity index (χ1v) is 8.11. The fraction of sp³-hybridized carbons (Fsp3) is 0.0769. The Labute approximate surface area is 137 Å². The molecule has 0 saturated carbocycles. The summed E-state index contributed by atoms with van der Waals surface area (Å²) >= 11 is 17.5. The number of para-hydroxylation sites is 2. The van der Waals surface area contributed by atoms with Gasteiger partial charge in [0.05, 0.1) is 22.2 Å². The van der Waals surface area contributed by atoms with Gasteiger partial charge in [-0.25, -0.2) is 0 Å². The lowest BCUT2D eigenvalue weighted by atomic mass is 10.3. The molecule has 2 aromatic rings. The Kier molecular flexibility index (Phi) is 4.88. The SMILES string of the molecule is COc1ccccc1OS(=O)(=O)c1cc(Cl)c(Cl)cc1Cl. The van der Waals surface area contributed by atoms with Crippen LogP contribution in [-0.4, -0.2) is 15.5 Å². The van der Waals surface area contributed by atoms with Crippen LogP contribution in [0.1, 0.15) is 0 Å². The molecule has 0 fully saturated rings. The van der Waals surface area contributed by atoms with Gasteiger partial charge in [0.25, 0.3) is 0 Å². The van der Waals surface area contributed by atoms with Crippen LogP contribution in [0.4, 0.5) is 0 Å². The fourth-order valence-corrected chi connectivity index (χ4v) is 3.47. The Morgan fingerprint density at radius 1 is 0.905 bits per heavy atom. The second kappa shape index (κ2) is 6.32. The minimum atomic E-state index is -4.17. The molecule has 112 valence electrons. The topological polar surface area (TPSA) is 52.6 Å².